The number of fused-ring (bicyclic) bond motifs is 2. The standard InChI is InChI=1S/2C29H25FN6O/c2*30-23-17-22(27(32)37)28(34-21-14-13-18-12-7-15-33-24(18)16-21)36-29(23)35-26(20-10-5-2-6-11-20)25(31)19-8-3-1-4-9-19/h2*1-17,25-26H,31H2,(H2,32,37)(H2,34,35,36)/t2*25-,26+/m10/s1. The first-order valence-electron chi connectivity index (χ1n) is 23.5. The molecule has 6 aromatic carbocycles. The van der Waals surface area contributed by atoms with Gasteiger partial charge in [0.1, 0.15) is 11.6 Å². The van der Waals surface area contributed by atoms with Gasteiger partial charge in [-0.25, -0.2) is 18.7 Å². The number of pyridine rings is 4. The zero-order valence-corrected chi connectivity index (χ0v) is 39.6. The molecule has 10 aromatic rings. The summed E-state index contributed by atoms with van der Waals surface area (Å²) in [4.78, 5) is 41.9. The molecular formula is C58H50F2N12O2. The molecule has 368 valence electrons. The molecule has 2 amide bonds. The maximum Gasteiger partial charge on any atom is 0.252 e. The minimum absolute atomic E-state index is 0.0633. The molecule has 74 heavy (non-hydrogen) atoms. The highest BCUT2D eigenvalue weighted by Gasteiger charge is 2.27. The van der Waals surface area contributed by atoms with Gasteiger partial charge in [-0.2, -0.15) is 0 Å². The van der Waals surface area contributed by atoms with Crippen molar-refractivity contribution in [2.75, 3.05) is 21.3 Å². The van der Waals surface area contributed by atoms with Crippen LogP contribution in [0.2, 0.25) is 0 Å². The Hall–Kier alpha value is -9.64. The van der Waals surface area contributed by atoms with Crippen molar-refractivity contribution in [2.24, 2.45) is 22.9 Å². The lowest BCUT2D eigenvalue weighted by atomic mass is 9.94. The van der Waals surface area contributed by atoms with Crippen molar-refractivity contribution < 1.29 is 18.4 Å². The highest BCUT2D eigenvalue weighted by Crippen LogP contribution is 2.35. The molecule has 0 saturated carbocycles. The minimum atomic E-state index is -0.806. The van der Waals surface area contributed by atoms with Gasteiger partial charge in [-0.1, -0.05) is 146 Å². The van der Waals surface area contributed by atoms with E-state index in [1.54, 1.807) is 12.4 Å². The van der Waals surface area contributed by atoms with Crippen LogP contribution in [0.4, 0.5) is 43.4 Å². The number of nitrogens with two attached hydrogens (primary N) is 4. The molecule has 12 N–H and O–H groups in total. The Bertz CT molecular complexity index is 3330. The molecule has 4 aromatic heterocycles. The average Bonchev–Trinajstić information content (AvgIpc) is 3.43. The lowest BCUT2D eigenvalue weighted by molar-refractivity contribution is 0.0992. The molecule has 0 bridgehead atoms. The monoisotopic (exact) mass is 984 g/mol. The Morgan fingerprint density at radius 2 is 0.770 bits per heavy atom. The SMILES string of the molecule is NC(=O)c1cc(F)c(N[C@@H](c2ccccc2)[C@H](N)c2ccccc2)nc1Nc1ccc2cccnc2c1.NC(=O)c1cc(F)c(N[C@H](c2ccccc2)[C@@H](N)c2ccccc2)nc1Nc1ccc2cccnc2c1. The van der Waals surface area contributed by atoms with Crippen molar-refractivity contribution >= 4 is 68.3 Å². The number of benzene rings is 6. The molecule has 0 fully saturated rings. The highest BCUT2D eigenvalue weighted by atomic mass is 19.1. The van der Waals surface area contributed by atoms with Crippen LogP contribution in [0.3, 0.4) is 0 Å². The minimum Gasteiger partial charge on any atom is -0.365 e. The van der Waals surface area contributed by atoms with Crippen molar-refractivity contribution in [3.05, 3.63) is 252 Å². The third kappa shape index (κ3) is 11.6. The summed E-state index contributed by atoms with van der Waals surface area (Å²) >= 11 is 0. The Labute approximate surface area is 424 Å². The van der Waals surface area contributed by atoms with E-state index in [4.69, 9.17) is 22.9 Å². The summed E-state index contributed by atoms with van der Waals surface area (Å²) in [5, 5.41) is 14.4. The predicted octanol–water partition coefficient (Wildman–Crippen LogP) is 10.9. The van der Waals surface area contributed by atoms with Crippen LogP contribution in [-0.2, 0) is 0 Å². The van der Waals surface area contributed by atoms with Crippen molar-refractivity contribution in [3.63, 3.8) is 0 Å². The van der Waals surface area contributed by atoms with Gasteiger partial charge in [0, 0.05) is 34.5 Å². The van der Waals surface area contributed by atoms with E-state index in [0.29, 0.717) is 11.4 Å². The smallest absolute Gasteiger partial charge is 0.252 e. The van der Waals surface area contributed by atoms with Gasteiger partial charge in [0.2, 0.25) is 0 Å². The number of amides is 2. The topological polar surface area (TPSA) is 238 Å². The molecule has 14 nitrogen and oxygen atoms in total. The van der Waals surface area contributed by atoms with E-state index in [1.807, 2.05) is 182 Å². The van der Waals surface area contributed by atoms with Crippen LogP contribution < -0.4 is 44.2 Å². The Balaban J connectivity index is 0.000000182. The molecule has 0 spiro atoms. The van der Waals surface area contributed by atoms with Crippen molar-refractivity contribution in [1.29, 1.82) is 0 Å². The first-order chi connectivity index (χ1) is 36.0. The van der Waals surface area contributed by atoms with Gasteiger partial charge in [-0.05, 0) is 70.8 Å². The van der Waals surface area contributed by atoms with Gasteiger partial charge in [-0.3, -0.25) is 19.6 Å². The summed E-state index contributed by atoms with van der Waals surface area (Å²) in [5.41, 5.74) is 30.5. The summed E-state index contributed by atoms with van der Waals surface area (Å²) in [5.74, 6) is -2.95. The fourth-order valence-corrected chi connectivity index (χ4v) is 8.42. The maximum atomic E-state index is 15.3. The van der Waals surface area contributed by atoms with Crippen LogP contribution in [0.1, 0.15) is 67.1 Å². The van der Waals surface area contributed by atoms with Crippen LogP contribution >= 0.6 is 0 Å². The van der Waals surface area contributed by atoms with Gasteiger partial charge in [0.05, 0.1) is 46.3 Å². The van der Waals surface area contributed by atoms with Crippen LogP contribution in [0.25, 0.3) is 21.8 Å². The number of nitrogens with one attached hydrogen (secondary N) is 4. The zero-order chi connectivity index (χ0) is 51.6. The van der Waals surface area contributed by atoms with E-state index < -0.39 is 47.6 Å². The second-order valence-electron chi connectivity index (χ2n) is 17.2. The Morgan fingerprint density at radius 3 is 1.12 bits per heavy atom. The van der Waals surface area contributed by atoms with Crippen LogP contribution in [0.5, 0.6) is 0 Å². The second kappa shape index (κ2) is 22.6. The summed E-state index contributed by atoms with van der Waals surface area (Å²) in [6.07, 6.45) is 3.39. The molecule has 4 heterocycles. The number of halogens is 2. The summed E-state index contributed by atoms with van der Waals surface area (Å²) < 4.78 is 30.5. The normalized spacial score (nSPS) is 12.6. The van der Waals surface area contributed by atoms with Crippen molar-refractivity contribution in [3.8, 4) is 0 Å². The van der Waals surface area contributed by atoms with Crippen molar-refractivity contribution in [2.45, 2.75) is 24.2 Å². The molecule has 4 atom stereocenters. The molecule has 0 unspecified atom stereocenters. The molecule has 0 aliphatic heterocycles. The van der Waals surface area contributed by atoms with E-state index >= 15 is 8.78 Å². The molecule has 0 aliphatic carbocycles. The van der Waals surface area contributed by atoms with Crippen molar-refractivity contribution in [1.82, 2.24) is 19.9 Å². The number of aromatic nitrogens is 4. The quantitative estimate of drug-likeness (QED) is 0.0451. The summed E-state index contributed by atoms with van der Waals surface area (Å²) in [6.45, 7) is 0. The number of carbonyl (C=O) groups is 2. The Kier molecular flexibility index (Phi) is 15.1. The van der Waals surface area contributed by atoms with Gasteiger partial charge in [0.15, 0.2) is 23.3 Å². The zero-order valence-electron chi connectivity index (χ0n) is 39.6. The maximum absolute atomic E-state index is 15.3. The fraction of sp³-hybridized carbons (Fsp3) is 0.0690. The number of anilines is 6. The van der Waals surface area contributed by atoms with E-state index in [9.17, 15) is 9.59 Å². The summed E-state index contributed by atoms with van der Waals surface area (Å²) in [7, 11) is 0. The predicted molar refractivity (Wildman–Crippen MR) is 288 cm³/mol. The number of carbonyl (C=O) groups excluding carboxylic acids is 2. The molecule has 0 aliphatic rings. The number of hydrogen-bond acceptors (Lipinski definition) is 12. The van der Waals surface area contributed by atoms with E-state index in [-0.39, 0.29) is 34.4 Å². The molecule has 0 radical (unpaired) electrons. The van der Waals surface area contributed by atoms with Gasteiger partial charge >= 0.3 is 0 Å². The van der Waals surface area contributed by atoms with E-state index in [0.717, 1.165) is 56.2 Å². The van der Waals surface area contributed by atoms with Gasteiger partial charge in [-0.15, -0.1) is 0 Å². The average molecular weight is 985 g/mol. The number of hydrogen-bond donors (Lipinski definition) is 8. The first kappa shape index (κ1) is 49.3. The first-order valence-corrected chi connectivity index (χ1v) is 23.5. The third-order valence-corrected chi connectivity index (χ3v) is 12.2. The summed E-state index contributed by atoms with van der Waals surface area (Å²) in [6, 6.07) is 56.9. The largest absolute Gasteiger partial charge is 0.365 e. The number of nitrogens with zero attached hydrogens (tertiary/aromatic N) is 4. The van der Waals surface area contributed by atoms with Gasteiger partial charge in [0.25, 0.3) is 11.8 Å². The van der Waals surface area contributed by atoms with Crippen LogP contribution in [0, 0.1) is 11.6 Å². The fourth-order valence-electron chi connectivity index (χ4n) is 8.42. The molecule has 10 rings (SSSR count). The Morgan fingerprint density at radius 1 is 0.419 bits per heavy atom. The number of primary amides is 2. The third-order valence-electron chi connectivity index (χ3n) is 12.2. The second-order valence-corrected chi connectivity index (χ2v) is 17.2. The lowest BCUT2D eigenvalue weighted by Crippen LogP contribution is -2.27. The molecule has 16 heteroatoms. The van der Waals surface area contributed by atoms with Gasteiger partial charge < -0.3 is 44.2 Å². The number of rotatable bonds is 16. The molecular weight excluding hydrogens is 935 g/mol. The van der Waals surface area contributed by atoms with Crippen LogP contribution in [-0.4, -0.2) is 31.8 Å². The van der Waals surface area contributed by atoms with Crippen LogP contribution in [0.15, 0.2) is 207 Å². The molecule has 0 saturated heterocycles. The highest BCUT2D eigenvalue weighted by molar-refractivity contribution is 6.00. The lowest BCUT2D eigenvalue weighted by Gasteiger charge is -2.27. The van der Waals surface area contributed by atoms with E-state index in [2.05, 4.69) is 41.2 Å². The van der Waals surface area contributed by atoms with E-state index in [1.165, 1.54) is 0 Å².